The lowest BCUT2D eigenvalue weighted by Crippen LogP contribution is -1.93. The Kier molecular flexibility index (Phi) is 17.6. The molecule has 27 aromatic carbocycles. The molecule has 132 heavy (non-hydrogen) atoms. The van der Waals surface area contributed by atoms with Gasteiger partial charge in [0.25, 0.3) is 0 Å². The van der Waals surface area contributed by atoms with Gasteiger partial charge in [0.15, 0.2) is 0 Å². The van der Waals surface area contributed by atoms with Crippen molar-refractivity contribution in [3.63, 3.8) is 0 Å². The van der Waals surface area contributed by atoms with Crippen LogP contribution in [0.3, 0.4) is 0 Å². The van der Waals surface area contributed by atoms with Crippen LogP contribution in [-0.2, 0) is 0 Å². The Bertz CT molecular complexity index is 9080. The highest BCUT2D eigenvalue weighted by atomic mass is 14.4. The van der Waals surface area contributed by atoms with Gasteiger partial charge in [0.2, 0.25) is 0 Å². The zero-order valence-electron chi connectivity index (χ0n) is 72.5. The Morgan fingerprint density at radius 3 is 0.659 bits per heavy atom. The average molecular weight is 1670 g/mol. The first-order valence-electron chi connectivity index (χ1n) is 45.8. The Labute approximate surface area is 765 Å². The Morgan fingerprint density at radius 1 is 0.114 bits per heavy atom. The normalized spacial score (nSPS) is 11.9. The fourth-order valence-corrected chi connectivity index (χ4v) is 23.1. The Balaban J connectivity index is 0.000000108. The highest BCUT2D eigenvalue weighted by molar-refractivity contribution is 6.49. The largest absolute Gasteiger partial charge is 0.0985 e. The van der Waals surface area contributed by atoms with Crippen molar-refractivity contribution in [2.75, 3.05) is 0 Å². The van der Waals surface area contributed by atoms with Crippen molar-refractivity contribution in [2.24, 2.45) is 0 Å². The van der Waals surface area contributed by atoms with Gasteiger partial charge in [0, 0.05) is 0 Å². The second-order valence-corrected chi connectivity index (χ2v) is 35.3. The van der Waals surface area contributed by atoms with Crippen molar-refractivity contribution < 1.29 is 0 Å². The van der Waals surface area contributed by atoms with E-state index in [9.17, 15) is 0 Å². The summed E-state index contributed by atoms with van der Waals surface area (Å²) in [6.45, 7) is 11.9. The summed E-state index contributed by atoms with van der Waals surface area (Å²) in [5, 5.41) is 37.0. The van der Waals surface area contributed by atoms with Gasteiger partial charge in [-0.15, -0.1) is 0 Å². The van der Waals surface area contributed by atoms with Crippen LogP contribution in [0.15, 0.2) is 463 Å². The average Bonchev–Trinajstić information content (AvgIpc) is 1.52. The van der Waals surface area contributed by atoms with Crippen molar-refractivity contribution in [2.45, 2.75) is 0 Å². The van der Waals surface area contributed by atoms with Gasteiger partial charge in [-0.1, -0.05) is 481 Å². The second-order valence-electron chi connectivity index (χ2n) is 35.3. The lowest BCUT2D eigenvalue weighted by atomic mass is 9.82. The lowest BCUT2D eigenvalue weighted by molar-refractivity contribution is 1.60. The van der Waals surface area contributed by atoms with Crippen LogP contribution >= 0.6 is 0 Å². The van der Waals surface area contributed by atoms with Gasteiger partial charge in [-0.05, 0) is 290 Å². The monoisotopic (exact) mass is 1670 g/mol. The number of hydrogen-bond donors (Lipinski definition) is 0. The predicted octanol–water partition coefficient (Wildman–Crippen LogP) is 37.5. The SMILES string of the molecule is C=Cc1ccc(-c2c3c(c(-c4ccccc4)c4ccccc24)-c2cccc4cccc-3c24)cc1.C=Cc1ccc(-c2c3c4cccc5cccc(c3c(-c3ccccc3)c3c6cccc7cccc(c23)c76)c54)cc1.C=Cc1ccc(-c2ccc(-c3c4c5cccc6c(-c7ccccc7)ccc(c4c(-c4ccccc4)c4c7cccc8c(-c9ccccc9)ccc(c34)c87)c65)cc2)cc1. The van der Waals surface area contributed by atoms with E-state index in [0.717, 1.165) is 16.7 Å². The predicted molar refractivity (Wildman–Crippen MR) is 573 cm³/mol. The van der Waals surface area contributed by atoms with E-state index < -0.39 is 0 Å². The summed E-state index contributed by atoms with van der Waals surface area (Å²) in [7, 11) is 0. The van der Waals surface area contributed by atoms with E-state index in [1.165, 1.54) is 273 Å². The van der Waals surface area contributed by atoms with Crippen LogP contribution < -0.4 is 0 Å². The molecule has 0 heteroatoms. The zero-order valence-corrected chi connectivity index (χ0v) is 72.5. The molecule has 27 aromatic rings. The molecule has 0 nitrogen and oxygen atoms in total. The number of hydrogen-bond acceptors (Lipinski definition) is 0. The minimum absolute atomic E-state index is 1.12. The molecule has 610 valence electrons. The molecule has 0 aliphatic heterocycles. The van der Waals surface area contributed by atoms with E-state index in [-0.39, 0.29) is 0 Å². The highest BCUT2D eigenvalue weighted by Crippen LogP contribution is 2.62. The van der Waals surface area contributed by atoms with Crippen molar-refractivity contribution in [1.82, 2.24) is 0 Å². The standard InChI is InChI=1S/C58H36.C40H24.C34H22/c1-2-36-24-26-37(27-25-36)38-28-30-42(31-29-38)52-56-48-23-13-21-46-43(39-14-6-3-7-15-39)32-34-49(54(46)48)57(56)51(41-18-10-5-11-19-41)55-47-22-12-20-45-44(40-16-8-4-9-17-40)33-35-50(53(45)47)58(52)55;1-2-24-20-22-28(23-21-24)36-39-31-18-8-14-25-12-6-16-29(33(25)31)37(39)35(27-10-4-3-5-11-27)38-30-17-7-13-26-15-9-19-32(34(26)30)40(36)38;1-2-22-18-20-25(21-19-22)32-27-15-7-6-14-26(27)31(24-10-4-3-5-11-24)33-28-16-8-12-23-13-9-17-29(30(23)28)34(32)33/h2-35H,1H2;2-23H,1H2;2-21H,1H2. The van der Waals surface area contributed by atoms with E-state index in [1.807, 2.05) is 18.2 Å². The third kappa shape index (κ3) is 11.5. The van der Waals surface area contributed by atoms with E-state index in [2.05, 4.69) is 463 Å². The van der Waals surface area contributed by atoms with Crippen LogP contribution in [0.5, 0.6) is 0 Å². The smallest absolute Gasteiger partial charge is 0.000718 e. The first-order valence-corrected chi connectivity index (χ1v) is 45.8. The van der Waals surface area contributed by atoms with Gasteiger partial charge in [-0.2, -0.15) is 0 Å². The topological polar surface area (TPSA) is 0 Å². The summed E-state index contributed by atoms with van der Waals surface area (Å²) in [6, 6.07) is 163. The Morgan fingerprint density at radius 2 is 0.333 bits per heavy atom. The summed E-state index contributed by atoms with van der Waals surface area (Å²) in [5.74, 6) is 0. The van der Waals surface area contributed by atoms with Crippen LogP contribution in [-0.4, -0.2) is 0 Å². The second kappa shape index (κ2) is 30.5. The highest BCUT2D eigenvalue weighted by Gasteiger charge is 2.34. The maximum Gasteiger partial charge on any atom is -0.000718 e. The molecule has 0 bridgehead atoms. The van der Waals surface area contributed by atoms with Gasteiger partial charge in [0.05, 0.1) is 0 Å². The minimum atomic E-state index is 1.12. The van der Waals surface area contributed by atoms with Gasteiger partial charge in [-0.25, -0.2) is 0 Å². The Hall–Kier alpha value is -17.2. The molecule has 28 rings (SSSR count). The van der Waals surface area contributed by atoms with Gasteiger partial charge in [-0.3, -0.25) is 0 Å². The molecular formula is C132H82. The van der Waals surface area contributed by atoms with Crippen LogP contribution in [0.2, 0.25) is 0 Å². The molecule has 1 aliphatic rings. The van der Waals surface area contributed by atoms with E-state index in [0.29, 0.717) is 0 Å². The summed E-state index contributed by atoms with van der Waals surface area (Å²) < 4.78 is 0. The molecule has 1 aliphatic carbocycles. The molecule has 0 heterocycles. The van der Waals surface area contributed by atoms with E-state index >= 15 is 0 Å². The van der Waals surface area contributed by atoms with Crippen LogP contribution in [0.4, 0.5) is 0 Å². The minimum Gasteiger partial charge on any atom is -0.0985 e. The molecule has 0 spiro atoms. The van der Waals surface area contributed by atoms with E-state index in [1.54, 1.807) is 0 Å². The molecule has 0 saturated heterocycles. The van der Waals surface area contributed by atoms with Crippen molar-refractivity contribution in [3.05, 3.63) is 479 Å². The maximum absolute atomic E-state index is 4.00. The molecule has 0 aromatic heterocycles. The van der Waals surface area contributed by atoms with Gasteiger partial charge < -0.3 is 0 Å². The summed E-state index contributed by atoms with van der Waals surface area (Å²) in [5.41, 5.74) is 31.5. The van der Waals surface area contributed by atoms with Crippen LogP contribution in [0.25, 0.3) is 291 Å². The lowest BCUT2D eigenvalue weighted by Gasteiger charge is -2.20. The third-order valence-electron chi connectivity index (χ3n) is 28.6. The quantitative estimate of drug-likeness (QED) is 0.114. The number of benzene rings is 23. The fraction of sp³-hybridized carbons (Fsp3) is 0. The molecule has 0 N–H and O–H groups in total. The van der Waals surface area contributed by atoms with Crippen LogP contribution in [0.1, 0.15) is 16.7 Å². The zero-order chi connectivity index (χ0) is 87.3. The molecule has 0 atom stereocenters. The van der Waals surface area contributed by atoms with Gasteiger partial charge in [0.1, 0.15) is 0 Å². The van der Waals surface area contributed by atoms with Crippen molar-refractivity contribution >= 4 is 169 Å². The van der Waals surface area contributed by atoms with Crippen molar-refractivity contribution in [1.29, 1.82) is 0 Å². The molecule has 0 saturated carbocycles. The van der Waals surface area contributed by atoms with Crippen molar-refractivity contribution in [3.8, 4) is 122 Å². The van der Waals surface area contributed by atoms with Gasteiger partial charge >= 0.3 is 0 Å². The third-order valence-corrected chi connectivity index (χ3v) is 28.6. The maximum atomic E-state index is 4.00. The molecule has 0 unspecified atom stereocenters. The first kappa shape index (κ1) is 76.1. The van der Waals surface area contributed by atoms with E-state index in [4.69, 9.17) is 0 Å². The first-order chi connectivity index (χ1) is 65.4. The van der Waals surface area contributed by atoms with Crippen LogP contribution in [0, 0.1) is 0 Å². The molecule has 0 amide bonds. The summed E-state index contributed by atoms with van der Waals surface area (Å²) >= 11 is 0. The molecule has 0 fully saturated rings. The molecule has 0 radical (unpaired) electrons. The number of fused-ring (bicyclic) bond motifs is 16. The summed E-state index contributed by atoms with van der Waals surface area (Å²) in [4.78, 5) is 0. The molecular weight excluding hydrogens is 1590 g/mol. The number of rotatable bonds is 12. The summed E-state index contributed by atoms with van der Waals surface area (Å²) in [6.07, 6.45) is 5.72. The fourth-order valence-electron chi connectivity index (χ4n) is 23.1.